The van der Waals surface area contributed by atoms with E-state index in [2.05, 4.69) is 31.9 Å². The van der Waals surface area contributed by atoms with Crippen molar-refractivity contribution in [1.29, 1.82) is 0 Å². The molecule has 0 saturated heterocycles. The van der Waals surface area contributed by atoms with Crippen molar-refractivity contribution < 1.29 is 9.59 Å². The highest BCUT2D eigenvalue weighted by Gasteiger charge is 2.31. The van der Waals surface area contributed by atoms with Gasteiger partial charge in [0, 0.05) is 15.9 Å². The van der Waals surface area contributed by atoms with Gasteiger partial charge in [-0.2, -0.15) is 0 Å². The summed E-state index contributed by atoms with van der Waals surface area (Å²) < 4.78 is 0.883. The normalized spacial score (nSPS) is 16.9. The van der Waals surface area contributed by atoms with Gasteiger partial charge in [0.1, 0.15) is 0 Å². The molecular formula is C19H18BrN3O2. The van der Waals surface area contributed by atoms with Crippen LogP contribution in [0.4, 0.5) is 10.5 Å². The lowest BCUT2D eigenvalue weighted by Crippen LogP contribution is -2.46. The van der Waals surface area contributed by atoms with E-state index in [1.54, 1.807) is 6.92 Å². The molecule has 0 aromatic heterocycles. The third-order valence-corrected chi connectivity index (χ3v) is 4.58. The van der Waals surface area contributed by atoms with Crippen LogP contribution in [0, 0.1) is 6.92 Å². The summed E-state index contributed by atoms with van der Waals surface area (Å²) in [6, 6.07) is 14.3. The molecule has 0 aliphatic carbocycles. The smallest absolute Gasteiger partial charge is 0.319 e. The van der Waals surface area contributed by atoms with Gasteiger partial charge in [0.05, 0.1) is 11.6 Å². The Hall–Kier alpha value is -2.60. The number of carbonyl (C=O) groups is 2. The Labute approximate surface area is 154 Å². The van der Waals surface area contributed by atoms with Crippen molar-refractivity contribution in [3.8, 4) is 0 Å². The predicted octanol–water partition coefficient (Wildman–Crippen LogP) is 4.02. The molecule has 3 rings (SSSR count). The maximum Gasteiger partial charge on any atom is 0.319 e. The van der Waals surface area contributed by atoms with Gasteiger partial charge in [-0.3, -0.25) is 4.79 Å². The van der Waals surface area contributed by atoms with Gasteiger partial charge in [-0.25, -0.2) is 4.79 Å². The van der Waals surface area contributed by atoms with Crippen LogP contribution < -0.4 is 16.0 Å². The molecular weight excluding hydrogens is 382 g/mol. The number of rotatable bonds is 3. The summed E-state index contributed by atoms with van der Waals surface area (Å²) in [7, 11) is 0. The van der Waals surface area contributed by atoms with Gasteiger partial charge in [0.2, 0.25) is 0 Å². The molecule has 0 saturated carbocycles. The van der Waals surface area contributed by atoms with Crippen molar-refractivity contribution >= 4 is 33.6 Å². The molecule has 6 heteroatoms. The van der Waals surface area contributed by atoms with Gasteiger partial charge in [-0.1, -0.05) is 46.3 Å². The van der Waals surface area contributed by atoms with Crippen molar-refractivity contribution in [3.63, 3.8) is 0 Å². The topological polar surface area (TPSA) is 70.2 Å². The molecule has 0 radical (unpaired) electrons. The van der Waals surface area contributed by atoms with Gasteiger partial charge in [0.15, 0.2) is 0 Å². The fourth-order valence-electron chi connectivity index (χ4n) is 2.83. The van der Waals surface area contributed by atoms with Crippen LogP contribution in [0.15, 0.2) is 64.3 Å². The van der Waals surface area contributed by atoms with E-state index in [-0.39, 0.29) is 11.9 Å². The minimum Gasteiger partial charge on any atom is -0.327 e. The summed E-state index contributed by atoms with van der Waals surface area (Å²) >= 11 is 3.43. The Morgan fingerprint density at radius 3 is 2.60 bits per heavy atom. The first kappa shape index (κ1) is 17.2. The quantitative estimate of drug-likeness (QED) is 0.728. The molecule has 1 atom stereocenters. The highest BCUT2D eigenvalue weighted by atomic mass is 79.9. The zero-order chi connectivity index (χ0) is 18.0. The van der Waals surface area contributed by atoms with E-state index in [1.165, 1.54) is 0 Å². The van der Waals surface area contributed by atoms with Crippen LogP contribution in [0.5, 0.6) is 0 Å². The maximum absolute atomic E-state index is 12.9. The molecule has 5 nitrogen and oxygen atoms in total. The van der Waals surface area contributed by atoms with E-state index in [4.69, 9.17) is 0 Å². The molecule has 0 bridgehead atoms. The van der Waals surface area contributed by atoms with Crippen LogP contribution in [0.25, 0.3) is 0 Å². The van der Waals surface area contributed by atoms with E-state index in [0.717, 1.165) is 21.3 Å². The molecule has 2 aromatic rings. The minimum atomic E-state index is -0.518. The first-order valence-electron chi connectivity index (χ1n) is 7.86. The van der Waals surface area contributed by atoms with Gasteiger partial charge in [-0.05, 0) is 43.2 Å². The number of halogens is 1. The summed E-state index contributed by atoms with van der Waals surface area (Å²) in [6.07, 6.45) is 0. The third-order valence-electron chi connectivity index (χ3n) is 4.09. The Balaban J connectivity index is 1.97. The standard InChI is InChI=1S/C19H18BrN3O2/c1-11-6-3-4-9-15(11)22-18(24)16-12(2)21-19(25)23-17(16)13-7-5-8-14(20)10-13/h3-10,17H,1-2H3,(H,22,24)(H2,21,23,25). The van der Waals surface area contributed by atoms with Gasteiger partial charge in [0.25, 0.3) is 5.91 Å². The Morgan fingerprint density at radius 2 is 1.88 bits per heavy atom. The number of carbonyl (C=O) groups excluding carboxylic acids is 2. The van der Waals surface area contributed by atoms with Crippen LogP contribution in [0.1, 0.15) is 24.1 Å². The number of urea groups is 1. The zero-order valence-corrected chi connectivity index (χ0v) is 15.5. The van der Waals surface area contributed by atoms with E-state index >= 15 is 0 Å². The van der Waals surface area contributed by atoms with Gasteiger partial charge >= 0.3 is 6.03 Å². The monoisotopic (exact) mass is 399 g/mol. The number of benzene rings is 2. The lowest BCUT2D eigenvalue weighted by molar-refractivity contribution is -0.113. The Morgan fingerprint density at radius 1 is 1.12 bits per heavy atom. The fourth-order valence-corrected chi connectivity index (χ4v) is 3.25. The van der Waals surface area contributed by atoms with E-state index in [0.29, 0.717) is 11.3 Å². The van der Waals surface area contributed by atoms with Crippen molar-refractivity contribution in [2.75, 3.05) is 5.32 Å². The summed E-state index contributed by atoms with van der Waals surface area (Å²) in [6.45, 7) is 3.67. The second-order valence-corrected chi connectivity index (χ2v) is 6.81. The second kappa shape index (κ2) is 7.11. The van der Waals surface area contributed by atoms with Crippen LogP contribution in [-0.2, 0) is 4.79 Å². The first-order chi connectivity index (χ1) is 12.0. The number of anilines is 1. The van der Waals surface area contributed by atoms with Crippen LogP contribution in [0.3, 0.4) is 0 Å². The number of allylic oxidation sites excluding steroid dienone is 1. The molecule has 3 N–H and O–H groups in total. The van der Waals surface area contributed by atoms with Gasteiger partial charge in [-0.15, -0.1) is 0 Å². The predicted molar refractivity (Wildman–Crippen MR) is 101 cm³/mol. The van der Waals surface area contributed by atoms with Crippen molar-refractivity contribution in [3.05, 3.63) is 75.4 Å². The number of amides is 3. The lowest BCUT2D eigenvalue weighted by atomic mass is 9.95. The molecule has 3 amide bonds. The Kier molecular flexibility index (Phi) is 4.90. The maximum atomic E-state index is 12.9. The fraction of sp³-hybridized carbons (Fsp3) is 0.158. The van der Waals surface area contributed by atoms with Gasteiger partial charge < -0.3 is 16.0 Å². The average Bonchev–Trinajstić information content (AvgIpc) is 2.56. The van der Waals surface area contributed by atoms with Crippen LogP contribution in [-0.4, -0.2) is 11.9 Å². The molecule has 1 heterocycles. The molecule has 1 unspecified atom stereocenters. The molecule has 2 aromatic carbocycles. The average molecular weight is 400 g/mol. The SMILES string of the molecule is CC1=C(C(=O)Nc2ccccc2C)C(c2cccc(Br)c2)NC(=O)N1. The molecule has 0 spiro atoms. The molecule has 25 heavy (non-hydrogen) atoms. The van der Waals surface area contributed by atoms with E-state index < -0.39 is 6.04 Å². The number of hydrogen-bond donors (Lipinski definition) is 3. The number of nitrogens with one attached hydrogen (secondary N) is 3. The third kappa shape index (κ3) is 3.74. The zero-order valence-electron chi connectivity index (χ0n) is 13.9. The Bertz CT molecular complexity index is 876. The summed E-state index contributed by atoms with van der Waals surface area (Å²) in [5.74, 6) is -0.246. The van der Waals surface area contributed by atoms with Crippen LogP contribution >= 0.6 is 15.9 Å². The number of hydrogen-bond acceptors (Lipinski definition) is 2. The van der Waals surface area contributed by atoms with E-state index in [1.807, 2.05) is 55.5 Å². The second-order valence-electron chi connectivity index (χ2n) is 5.89. The van der Waals surface area contributed by atoms with E-state index in [9.17, 15) is 9.59 Å². The van der Waals surface area contributed by atoms with Crippen molar-refractivity contribution in [2.45, 2.75) is 19.9 Å². The number of aryl methyl sites for hydroxylation is 1. The summed E-state index contributed by atoms with van der Waals surface area (Å²) in [4.78, 5) is 24.9. The largest absolute Gasteiger partial charge is 0.327 e. The first-order valence-corrected chi connectivity index (χ1v) is 8.65. The highest BCUT2D eigenvalue weighted by molar-refractivity contribution is 9.10. The van der Waals surface area contributed by atoms with Crippen LogP contribution in [0.2, 0.25) is 0 Å². The highest BCUT2D eigenvalue weighted by Crippen LogP contribution is 2.29. The molecule has 128 valence electrons. The van der Waals surface area contributed by atoms with Crippen molar-refractivity contribution in [1.82, 2.24) is 10.6 Å². The lowest BCUT2D eigenvalue weighted by Gasteiger charge is -2.29. The number of para-hydroxylation sites is 1. The minimum absolute atomic E-state index is 0.246. The summed E-state index contributed by atoms with van der Waals surface area (Å²) in [5.41, 5.74) is 3.58. The molecule has 0 fully saturated rings. The summed E-state index contributed by atoms with van der Waals surface area (Å²) in [5, 5.41) is 8.45. The van der Waals surface area contributed by atoms with Crippen molar-refractivity contribution in [2.24, 2.45) is 0 Å². The molecule has 1 aliphatic heterocycles. The molecule has 1 aliphatic rings.